The van der Waals surface area contributed by atoms with Gasteiger partial charge < -0.3 is 14.6 Å². The lowest BCUT2D eigenvalue weighted by Crippen LogP contribution is -2.19. The number of nitrogens with zero attached hydrogens (tertiary/aromatic N) is 2. The molecule has 3 rings (SSSR count). The van der Waals surface area contributed by atoms with E-state index >= 15 is 0 Å². The molecule has 2 amide bonds. The van der Waals surface area contributed by atoms with Crippen molar-refractivity contribution in [1.82, 2.24) is 4.57 Å². The Morgan fingerprint density at radius 1 is 1.22 bits per heavy atom. The van der Waals surface area contributed by atoms with E-state index in [1.165, 1.54) is 18.3 Å². The van der Waals surface area contributed by atoms with E-state index in [2.05, 4.69) is 10.3 Å². The van der Waals surface area contributed by atoms with Gasteiger partial charge in [-0.3, -0.25) is 9.59 Å². The van der Waals surface area contributed by atoms with Crippen LogP contribution in [0.5, 0.6) is 0 Å². The minimum Gasteiger partial charge on any atom is -0.383 e. The van der Waals surface area contributed by atoms with Gasteiger partial charge in [-0.25, -0.2) is 0 Å². The fourth-order valence-electron chi connectivity index (χ4n) is 2.77. The molecule has 0 atom stereocenters. The Bertz CT molecular complexity index is 1070. The summed E-state index contributed by atoms with van der Waals surface area (Å²) in [6.07, 6.45) is 0. The minimum absolute atomic E-state index is 0.127. The number of thiazole rings is 1. The lowest BCUT2D eigenvalue weighted by atomic mass is 10.1. The molecule has 0 radical (unpaired) electrons. The number of hydrogen-bond acceptors (Lipinski definition) is 4. The molecule has 0 spiro atoms. The molecule has 0 saturated heterocycles. The van der Waals surface area contributed by atoms with Crippen molar-refractivity contribution in [3.8, 4) is 0 Å². The average Bonchev–Trinajstić information content (AvgIpc) is 2.95. The van der Waals surface area contributed by atoms with E-state index in [1.807, 2.05) is 47.9 Å². The number of carbonyl (C=O) groups excluding carboxylic acids is 2. The number of carbonyl (C=O) groups is 2. The summed E-state index contributed by atoms with van der Waals surface area (Å²) in [7, 11) is 1.64. The van der Waals surface area contributed by atoms with Crippen LogP contribution in [0.4, 0.5) is 5.69 Å². The SMILES string of the molecule is COCCn1c(=NC(=O)c2cccc(C)c2)sc2cc(NC(C)=O)ccc21. The molecule has 1 heterocycles. The summed E-state index contributed by atoms with van der Waals surface area (Å²) in [4.78, 5) is 28.9. The van der Waals surface area contributed by atoms with E-state index in [9.17, 15) is 9.59 Å². The second-order valence-corrected chi connectivity index (χ2v) is 7.19. The smallest absolute Gasteiger partial charge is 0.279 e. The number of benzene rings is 2. The topological polar surface area (TPSA) is 72.7 Å². The molecule has 7 heteroatoms. The molecule has 0 aliphatic rings. The van der Waals surface area contributed by atoms with Crippen molar-refractivity contribution in [2.75, 3.05) is 19.0 Å². The number of amides is 2. The van der Waals surface area contributed by atoms with E-state index in [4.69, 9.17) is 4.74 Å². The number of anilines is 1. The summed E-state index contributed by atoms with van der Waals surface area (Å²) in [5.41, 5.74) is 3.23. The van der Waals surface area contributed by atoms with Gasteiger partial charge >= 0.3 is 0 Å². The lowest BCUT2D eigenvalue weighted by Gasteiger charge is -2.05. The maximum atomic E-state index is 12.6. The van der Waals surface area contributed by atoms with E-state index in [0.29, 0.717) is 29.2 Å². The number of aromatic nitrogens is 1. The molecule has 2 aromatic carbocycles. The first kappa shape index (κ1) is 19.0. The average molecular weight is 383 g/mol. The molecule has 6 nitrogen and oxygen atoms in total. The van der Waals surface area contributed by atoms with Gasteiger partial charge in [-0.2, -0.15) is 4.99 Å². The first-order chi connectivity index (χ1) is 13.0. The highest BCUT2D eigenvalue weighted by atomic mass is 32.1. The number of aryl methyl sites for hydroxylation is 1. The Labute approximate surface area is 161 Å². The number of ether oxygens (including phenoxy) is 1. The third kappa shape index (κ3) is 4.50. The van der Waals surface area contributed by atoms with Gasteiger partial charge in [0.05, 0.1) is 16.8 Å². The Kier molecular flexibility index (Phi) is 5.83. The molecule has 0 aliphatic heterocycles. The van der Waals surface area contributed by atoms with Crippen molar-refractivity contribution in [2.45, 2.75) is 20.4 Å². The van der Waals surface area contributed by atoms with Crippen LogP contribution in [0.25, 0.3) is 10.2 Å². The standard InChI is InChI=1S/C20H21N3O3S/c1-13-5-4-6-15(11-13)19(25)22-20-23(9-10-26-3)17-8-7-16(21-14(2)24)12-18(17)27-20/h4-8,11-12H,9-10H2,1-3H3,(H,21,24). The first-order valence-corrected chi connectivity index (χ1v) is 9.35. The molecule has 3 aromatic rings. The highest BCUT2D eigenvalue weighted by molar-refractivity contribution is 7.16. The normalized spacial score (nSPS) is 11.7. The summed E-state index contributed by atoms with van der Waals surface area (Å²) in [5.74, 6) is -0.406. The maximum absolute atomic E-state index is 12.6. The number of hydrogen-bond donors (Lipinski definition) is 1. The van der Waals surface area contributed by atoms with Crippen molar-refractivity contribution >= 4 is 39.1 Å². The summed E-state index contributed by atoms with van der Waals surface area (Å²) in [6, 6.07) is 13.0. The van der Waals surface area contributed by atoms with Gasteiger partial charge in [0.2, 0.25) is 5.91 Å². The van der Waals surface area contributed by atoms with Crippen LogP contribution in [-0.4, -0.2) is 30.1 Å². The van der Waals surface area contributed by atoms with Crippen molar-refractivity contribution in [1.29, 1.82) is 0 Å². The summed E-state index contributed by atoms with van der Waals surface area (Å²) in [6.45, 7) is 4.50. The monoisotopic (exact) mass is 383 g/mol. The third-order valence-electron chi connectivity index (χ3n) is 3.98. The molecule has 1 aromatic heterocycles. The quantitative estimate of drug-likeness (QED) is 0.734. The van der Waals surface area contributed by atoms with Crippen molar-refractivity contribution in [3.05, 3.63) is 58.4 Å². The van der Waals surface area contributed by atoms with E-state index in [-0.39, 0.29) is 11.8 Å². The predicted octanol–water partition coefficient (Wildman–Crippen LogP) is 3.36. The van der Waals surface area contributed by atoms with Crippen molar-refractivity contribution in [2.24, 2.45) is 4.99 Å². The largest absolute Gasteiger partial charge is 0.383 e. The van der Waals surface area contributed by atoms with Crippen LogP contribution in [0.15, 0.2) is 47.5 Å². The van der Waals surface area contributed by atoms with E-state index in [0.717, 1.165) is 15.8 Å². The number of methoxy groups -OCH3 is 1. The molecular formula is C20H21N3O3S. The van der Waals surface area contributed by atoms with Gasteiger partial charge in [-0.1, -0.05) is 29.0 Å². The summed E-state index contributed by atoms with van der Waals surface area (Å²) >= 11 is 1.41. The van der Waals surface area contributed by atoms with Crippen LogP contribution in [0.3, 0.4) is 0 Å². The third-order valence-corrected chi connectivity index (χ3v) is 5.03. The minimum atomic E-state index is -0.279. The molecule has 0 aliphatic carbocycles. The van der Waals surface area contributed by atoms with Gasteiger partial charge in [0.25, 0.3) is 5.91 Å². The van der Waals surface area contributed by atoms with Crippen LogP contribution in [-0.2, 0) is 16.1 Å². The van der Waals surface area contributed by atoms with Gasteiger partial charge in [0.15, 0.2) is 4.80 Å². The molecule has 0 fully saturated rings. The molecule has 0 bridgehead atoms. The van der Waals surface area contributed by atoms with Crippen LogP contribution in [0.1, 0.15) is 22.8 Å². The van der Waals surface area contributed by atoms with Crippen LogP contribution in [0, 0.1) is 6.92 Å². The Morgan fingerprint density at radius 3 is 2.74 bits per heavy atom. The van der Waals surface area contributed by atoms with Crippen LogP contribution >= 0.6 is 11.3 Å². The number of fused-ring (bicyclic) bond motifs is 1. The van der Waals surface area contributed by atoms with E-state index in [1.54, 1.807) is 13.2 Å². The Morgan fingerprint density at radius 2 is 2.04 bits per heavy atom. The highest BCUT2D eigenvalue weighted by Gasteiger charge is 2.10. The zero-order valence-electron chi connectivity index (χ0n) is 15.5. The molecule has 0 unspecified atom stereocenters. The summed E-state index contributed by atoms with van der Waals surface area (Å²) < 4.78 is 8.11. The molecule has 27 heavy (non-hydrogen) atoms. The fourth-order valence-corrected chi connectivity index (χ4v) is 3.86. The van der Waals surface area contributed by atoms with Gasteiger partial charge in [0.1, 0.15) is 0 Å². The number of nitrogens with one attached hydrogen (secondary N) is 1. The van der Waals surface area contributed by atoms with E-state index < -0.39 is 0 Å². The zero-order chi connectivity index (χ0) is 19.4. The lowest BCUT2D eigenvalue weighted by molar-refractivity contribution is -0.114. The Hall–Kier alpha value is -2.77. The summed E-state index contributed by atoms with van der Waals surface area (Å²) in [5, 5.41) is 2.78. The second-order valence-electron chi connectivity index (χ2n) is 6.18. The molecular weight excluding hydrogens is 362 g/mol. The van der Waals surface area contributed by atoms with Crippen molar-refractivity contribution in [3.63, 3.8) is 0 Å². The predicted molar refractivity (Wildman–Crippen MR) is 107 cm³/mol. The molecule has 140 valence electrons. The molecule has 0 saturated carbocycles. The van der Waals surface area contributed by atoms with Gasteiger partial charge in [-0.15, -0.1) is 0 Å². The van der Waals surface area contributed by atoms with Crippen molar-refractivity contribution < 1.29 is 14.3 Å². The van der Waals surface area contributed by atoms with Crippen LogP contribution in [0.2, 0.25) is 0 Å². The maximum Gasteiger partial charge on any atom is 0.279 e. The van der Waals surface area contributed by atoms with Gasteiger partial charge in [-0.05, 0) is 37.3 Å². The number of rotatable bonds is 5. The van der Waals surface area contributed by atoms with Gasteiger partial charge in [0, 0.05) is 31.8 Å². The second kappa shape index (κ2) is 8.28. The molecule has 1 N–H and O–H groups in total. The zero-order valence-corrected chi connectivity index (χ0v) is 16.3. The fraction of sp³-hybridized carbons (Fsp3) is 0.250. The highest BCUT2D eigenvalue weighted by Crippen LogP contribution is 2.22. The Balaban J connectivity index is 2.09. The van der Waals surface area contributed by atoms with Crippen LogP contribution < -0.4 is 10.1 Å². The first-order valence-electron chi connectivity index (χ1n) is 8.53.